The van der Waals surface area contributed by atoms with Gasteiger partial charge < -0.3 is 9.47 Å². The van der Waals surface area contributed by atoms with E-state index in [0.29, 0.717) is 23.1 Å². The Bertz CT molecular complexity index is 1430. The summed E-state index contributed by atoms with van der Waals surface area (Å²) >= 11 is 1.39. The van der Waals surface area contributed by atoms with Crippen molar-refractivity contribution in [3.05, 3.63) is 93.3 Å². The molecule has 3 aromatic rings. The number of carbonyl (C=O) groups is 3. The van der Waals surface area contributed by atoms with Crippen molar-refractivity contribution < 1.29 is 32.6 Å². The zero-order valence-electron chi connectivity index (χ0n) is 20.8. The molecule has 2 aliphatic rings. The first-order chi connectivity index (χ1) is 18.3. The van der Waals surface area contributed by atoms with Crippen LogP contribution in [0, 0.1) is 17.6 Å². The molecule has 5 rings (SSSR count). The number of thiophene rings is 1. The molecule has 1 aromatic heterocycles. The summed E-state index contributed by atoms with van der Waals surface area (Å²) < 4.78 is 39.5. The predicted octanol–water partition coefficient (Wildman–Crippen LogP) is 5.75. The summed E-state index contributed by atoms with van der Waals surface area (Å²) in [6.45, 7) is 1.78. The molecule has 3 atom stereocenters. The van der Waals surface area contributed by atoms with Gasteiger partial charge in [0.2, 0.25) is 5.91 Å². The Kier molecular flexibility index (Phi) is 7.12. The molecule has 0 spiro atoms. The summed E-state index contributed by atoms with van der Waals surface area (Å²) in [4.78, 5) is 43.0. The number of hydrogen-bond donors (Lipinski definition) is 0. The quantitative estimate of drug-likeness (QED) is 0.296. The molecule has 0 saturated heterocycles. The predicted molar refractivity (Wildman–Crippen MR) is 138 cm³/mol. The number of nitrogens with zero attached hydrogens (tertiary/aromatic N) is 1. The smallest absolute Gasteiger partial charge is 0.317 e. The Balaban J connectivity index is 1.74. The van der Waals surface area contributed by atoms with Crippen molar-refractivity contribution >= 4 is 34.7 Å². The van der Waals surface area contributed by atoms with Gasteiger partial charge in [0.25, 0.3) is 0 Å². The summed E-state index contributed by atoms with van der Waals surface area (Å²) in [7, 11) is 1.52. The number of Topliss-reactive ketones (excluding diaryl/α,β-unsaturated/α-hetero) is 1. The van der Waals surface area contributed by atoms with Crippen LogP contribution in [0.15, 0.2) is 71.2 Å². The maximum atomic E-state index is 15.0. The van der Waals surface area contributed by atoms with Crippen LogP contribution in [0.4, 0.5) is 14.5 Å². The van der Waals surface area contributed by atoms with Crippen molar-refractivity contribution in [3.8, 4) is 5.75 Å². The number of carbonyl (C=O) groups excluding carboxylic acids is 3. The lowest BCUT2D eigenvalue weighted by atomic mass is 9.69. The summed E-state index contributed by atoms with van der Waals surface area (Å²) in [5, 5.41) is 1.84. The molecule has 0 saturated carbocycles. The highest BCUT2D eigenvalue weighted by Crippen LogP contribution is 2.50. The van der Waals surface area contributed by atoms with Gasteiger partial charge in [0.05, 0.1) is 19.4 Å². The number of anilines is 1. The second-order valence-corrected chi connectivity index (χ2v) is 10.1. The first-order valence-electron chi connectivity index (χ1n) is 12.2. The van der Waals surface area contributed by atoms with Crippen LogP contribution in [0.3, 0.4) is 0 Å². The number of halogens is 2. The average molecular weight is 538 g/mol. The monoisotopic (exact) mass is 537 g/mol. The minimum absolute atomic E-state index is 0.108. The second kappa shape index (κ2) is 10.5. The van der Waals surface area contributed by atoms with E-state index in [9.17, 15) is 18.8 Å². The van der Waals surface area contributed by atoms with E-state index in [4.69, 9.17) is 9.47 Å². The van der Waals surface area contributed by atoms with Gasteiger partial charge in [-0.15, -0.1) is 11.3 Å². The molecule has 1 amide bonds. The molecular formula is C29H25F2NO5S. The number of ether oxygens (including phenoxy) is 2. The number of methoxy groups -OCH3 is 1. The zero-order valence-corrected chi connectivity index (χ0v) is 21.6. The topological polar surface area (TPSA) is 72.9 Å². The summed E-state index contributed by atoms with van der Waals surface area (Å²) in [6.07, 6.45) is -0.0259. The maximum Gasteiger partial charge on any atom is 0.317 e. The highest BCUT2D eigenvalue weighted by atomic mass is 32.1. The van der Waals surface area contributed by atoms with Gasteiger partial charge in [0.15, 0.2) is 5.78 Å². The summed E-state index contributed by atoms with van der Waals surface area (Å²) in [6, 6.07) is 13.7. The van der Waals surface area contributed by atoms with Crippen molar-refractivity contribution in [2.75, 3.05) is 18.6 Å². The van der Waals surface area contributed by atoms with Gasteiger partial charge in [-0.3, -0.25) is 19.3 Å². The fourth-order valence-corrected chi connectivity index (χ4v) is 6.25. The van der Waals surface area contributed by atoms with E-state index in [0.717, 1.165) is 10.9 Å². The standard InChI is InChI=1S/C29H25F2NO5S/c1-3-37-29(35)27-20(24-8-5-11-38-24)14-23-26(28(27)34)19(16-6-4-7-18(12-16)36-2)15-25(33)32(23)22-10-9-17(30)13-21(22)31/h4-13,19-20,27H,3,14-15H2,1-2H3/t19-,20+,27+/m0/s1. The Labute approximate surface area is 222 Å². The highest BCUT2D eigenvalue weighted by molar-refractivity contribution is 7.10. The van der Waals surface area contributed by atoms with Crippen LogP contribution in [0.5, 0.6) is 5.75 Å². The van der Waals surface area contributed by atoms with Crippen LogP contribution < -0.4 is 9.64 Å². The van der Waals surface area contributed by atoms with Crippen molar-refractivity contribution in [1.29, 1.82) is 0 Å². The Morgan fingerprint density at radius 2 is 1.89 bits per heavy atom. The SMILES string of the molecule is CCOC(=O)[C@H]1C(=O)C2=C(C[C@@H]1c1cccs1)N(c1ccc(F)cc1F)C(=O)C[C@H]2c1cccc(OC)c1. The van der Waals surface area contributed by atoms with Gasteiger partial charge in [0.1, 0.15) is 23.3 Å². The van der Waals surface area contributed by atoms with E-state index >= 15 is 4.39 Å². The van der Waals surface area contributed by atoms with Gasteiger partial charge in [-0.05, 0) is 54.6 Å². The van der Waals surface area contributed by atoms with Gasteiger partial charge in [-0.25, -0.2) is 8.78 Å². The van der Waals surface area contributed by atoms with Crippen LogP contribution in [0.2, 0.25) is 0 Å². The average Bonchev–Trinajstić information content (AvgIpc) is 3.44. The lowest BCUT2D eigenvalue weighted by Crippen LogP contribution is -2.46. The Morgan fingerprint density at radius 1 is 1.08 bits per heavy atom. The highest BCUT2D eigenvalue weighted by Gasteiger charge is 2.50. The maximum absolute atomic E-state index is 15.0. The third kappa shape index (κ3) is 4.51. The zero-order chi connectivity index (χ0) is 27.0. The van der Waals surface area contributed by atoms with E-state index < -0.39 is 47.0 Å². The molecule has 1 aliphatic carbocycles. The molecule has 2 aromatic carbocycles. The Hall–Kier alpha value is -3.85. The molecule has 0 fully saturated rings. The molecular weight excluding hydrogens is 512 g/mol. The third-order valence-corrected chi connectivity index (χ3v) is 8.02. The van der Waals surface area contributed by atoms with Gasteiger partial charge in [0, 0.05) is 40.5 Å². The van der Waals surface area contributed by atoms with Gasteiger partial charge >= 0.3 is 5.97 Å². The van der Waals surface area contributed by atoms with Gasteiger partial charge in [-0.2, -0.15) is 0 Å². The van der Waals surface area contributed by atoms with Crippen LogP contribution in [-0.2, 0) is 19.1 Å². The van der Waals surface area contributed by atoms with E-state index in [-0.39, 0.29) is 30.7 Å². The molecule has 0 N–H and O–H groups in total. The largest absolute Gasteiger partial charge is 0.497 e. The van der Waals surface area contributed by atoms with Crippen LogP contribution in [0.25, 0.3) is 0 Å². The van der Waals surface area contributed by atoms with E-state index in [1.54, 1.807) is 31.2 Å². The van der Waals surface area contributed by atoms with Crippen LogP contribution in [-0.4, -0.2) is 31.4 Å². The fraction of sp³-hybridized carbons (Fsp3) is 0.276. The molecule has 1 aliphatic heterocycles. The lowest BCUT2D eigenvalue weighted by molar-refractivity contribution is -0.152. The summed E-state index contributed by atoms with van der Waals surface area (Å²) in [5.41, 5.74) is 1.09. The third-order valence-electron chi connectivity index (χ3n) is 7.02. The molecule has 0 bridgehead atoms. The number of benzene rings is 2. The molecule has 2 heterocycles. The summed E-state index contributed by atoms with van der Waals surface area (Å²) in [5.74, 6) is -5.09. The van der Waals surface area contributed by atoms with Crippen molar-refractivity contribution in [2.24, 2.45) is 5.92 Å². The van der Waals surface area contributed by atoms with E-state index in [1.165, 1.54) is 29.4 Å². The molecule has 0 unspecified atom stereocenters. The minimum atomic E-state index is -1.12. The van der Waals surface area contributed by atoms with Crippen molar-refractivity contribution in [1.82, 2.24) is 0 Å². The first kappa shape index (κ1) is 25.8. The lowest BCUT2D eigenvalue weighted by Gasteiger charge is -2.42. The molecule has 9 heteroatoms. The second-order valence-electron chi connectivity index (χ2n) is 9.14. The number of ketones is 1. The van der Waals surface area contributed by atoms with Crippen LogP contribution >= 0.6 is 11.3 Å². The number of hydrogen-bond acceptors (Lipinski definition) is 6. The number of amides is 1. The fourth-order valence-electron chi connectivity index (χ4n) is 5.39. The van der Waals surface area contributed by atoms with Crippen molar-refractivity contribution in [2.45, 2.75) is 31.6 Å². The number of rotatable bonds is 6. The first-order valence-corrected chi connectivity index (χ1v) is 13.1. The number of allylic oxidation sites excluding steroid dienone is 2. The molecule has 196 valence electrons. The normalized spacial score (nSPS) is 21.4. The minimum Gasteiger partial charge on any atom is -0.497 e. The molecule has 6 nitrogen and oxygen atoms in total. The van der Waals surface area contributed by atoms with Crippen LogP contribution in [0.1, 0.15) is 42.0 Å². The molecule has 38 heavy (non-hydrogen) atoms. The molecule has 0 radical (unpaired) electrons. The Morgan fingerprint density at radius 3 is 2.58 bits per heavy atom. The van der Waals surface area contributed by atoms with E-state index in [2.05, 4.69) is 0 Å². The van der Waals surface area contributed by atoms with Crippen molar-refractivity contribution in [3.63, 3.8) is 0 Å². The van der Waals surface area contributed by atoms with E-state index in [1.807, 2.05) is 17.5 Å². The number of esters is 1. The van der Waals surface area contributed by atoms with Gasteiger partial charge in [-0.1, -0.05) is 18.2 Å².